The van der Waals surface area contributed by atoms with Crippen LogP contribution in [0.3, 0.4) is 0 Å². The van der Waals surface area contributed by atoms with Crippen molar-refractivity contribution in [2.75, 3.05) is 18.0 Å². The molecular formula is C17H21ClN4O. The van der Waals surface area contributed by atoms with Gasteiger partial charge in [-0.15, -0.1) is 0 Å². The molecule has 0 aliphatic carbocycles. The van der Waals surface area contributed by atoms with Gasteiger partial charge < -0.3 is 10.2 Å². The van der Waals surface area contributed by atoms with Gasteiger partial charge in [0.25, 0.3) is 0 Å². The van der Waals surface area contributed by atoms with E-state index in [-0.39, 0.29) is 11.9 Å². The van der Waals surface area contributed by atoms with Crippen molar-refractivity contribution >= 4 is 23.2 Å². The number of halogens is 1. The van der Waals surface area contributed by atoms with Crippen LogP contribution in [0.25, 0.3) is 0 Å². The van der Waals surface area contributed by atoms with Gasteiger partial charge in [0.05, 0.1) is 10.7 Å². The molecule has 1 aromatic carbocycles. The van der Waals surface area contributed by atoms with Gasteiger partial charge >= 0.3 is 0 Å². The molecule has 1 aliphatic rings. The first-order valence-corrected chi connectivity index (χ1v) is 8.36. The van der Waals surface area contributed by atoms with Gasteiger partial charge in [-0.3, -0.25) is 9.48 Å². The minimum absolute atomic E-state index is 0.0755. The number of carbonyl (C=O) groups is 1. The van der Waals surface area contributed by atoms with Crippen molar-refractivity contribution in [3.8, 4) is 0 Å². The summed E-state index contributed by atoms with van der Waals surface area (Å²) in [7, 11) is 0. The van der Waals surface area contributed by atoms with E-state index in [2.05, 4.69) is 15.3 Å². The van der Waals surface area contributed by atoms with Crippen molar-refractivity contribution in [1.29, 1.82) is 0 Å². The minimum Gasteiger partial charge on any atom is -0.368 e. The summed E-state index contributed by atoms with van der Waals surface area (Å²) >= 11 is 6.28. The Morgan fingerprint density at radius 1 is 1.35 bits per heavy atom. The first kappa shape index (κ1) is 15.9. The highest BCUT2D eigenvalue weighted by Gasteiger charge is 2.22. The Balaban J connectivity index is 1.52. The largest absolute Gasteiger partial charge is 0.368 e. The zero-order valence-electron chi connectivity index (χ0n) is 13.0. The number of aryl methyl sites for hydroxylation is 1. The molecule has 3 rings (SSSR count). The number of anilines is 1. The molecule has 1 saturated heterocycles. The second-order valence-corrected chi connectivity index (χ2v) is 6.23. The maximum absolute atomic E-state index is 12.1. The molecule has 1 amide bonds. The summed E-state index contributed by atoms with van der Waals surface area (Å²) in [6.07, 6.45) is 6.10. The number of nitrogens with zero attached hydrogens (tertiary/aromatic N) is 3. The van der Waals surface area contributed by atoms with Crippen molar-refractivity contribution in [2.24, 2.45) is 0 Å². The summed E-state index contributed by atoms with van der Waals surface area (Å²) in [5.74, 6) is 0.0755. The lowest BCUT2D eigenvalue weighted by atomic mass is 10.0. The highest BCUT2D eigenvalue weighted by atomic mass is 35.5. The number of hydrogen-bond acceptors (Lipinski definition) is 3. The number of para-hydroxylation sites is 1. The second kappa shape index (κ2) is 7.51. The monoisotopic (exact) mass is 332 g/mol. The predicted octanol–water partition coefficient (Wildman–Crippen LogP) is 2.71. The van der Waals surface area contributed by atoms with Crippen LogP contribution in [0, 0.1) is 0 Å². The van der Waals surface area contributed by atoms with Gasteiger partial charge in [-0.25, -0.2) is 0 Å². The maximum Gasteiger partial charge on any atom is 0.222 e. The van der Waals surface area contributed by atoms with Crippen LogP contribution in [0.2, 0.25) is 5.02 Å². The molecule has 1 N–H and O–H groups in total. The lowest BCUT2D eigenvalue weighted by Crippen LogP contribution is -2.48. The average Bonchev–Trinajstić information content (AvgIpc) is 3.07. The summed E-state index contributed by atoms with van der Waals surface area (Å²) in [5.41, 5.74) is 1.05. The summed E-state index contributed by atoms with van der Waals surface area (Å²) in [4.78, 5) is 14.4. The molecule has 23 heavy (non-hydrogen) atoms. The molecule has 0 spiro atoms. The number of benzene rings is 1. The van der Waals surface area contributed by atoms with Crippen molar-refractivity contribution in [3.05, 3.63) is 47.7 Å². The number of rotatable bonds is 5. The number of piperidine rings is 1. The molecule has 1 fully saturated rings. The van der Waals surface area contributed by atoms with Crippen molar-refractivity contribution in [1.82, 2.24) is 15.1 Å². The normalized spacial score (nSPS) is 18.0. The number of carbonyl (C=O) groups excluding carboxylic acids is 1. The van der Waals surface area contributed by atoms with Crippen molar-refractivity contribution in [3.63, 3.8) is 0 Å². The van der Waals surface area contributed by atoms with Gasteiger partial charge in [-0.05, 0) is 31.0 Å². The minimum atomic E-state index is 0.0755. The third-order valence-electron chi connectivity index (χ3n) is 4.11. The van der Waals surface area contributed by atoms with Crippen LogP contribution in [0.5, 0.6) is 0 Å². The maximum atomic E-state index is 12.1. The fourth-order valence-corrected chi connectivity index (χ4v) is 3.23. The van der Waals surface area contributed by atoms with E-state index in [0.717, 1.165) is 36.6 Å². The number of aromatic nitrogens is 2. The smallest absolute Gasteiger partial charge is 0.222 e. The number of amides is 1. The molecule has 6 heteroatoms. The van der Waals surface area contributed by atoms with Gasteiger partial charge in [0.15, 0.2) is 0 Å². The fourth-order valence-electron chi connectivity index (χ4n) is 2.97. The molecule has 0 saturated carbocycles. The Labute approximate surface area is 141 Å². The van der Waals surface area contributed by atoms with Gasteiger partial charge in [0.1, 0.15) is 0 Å². The van der Waals surface area contributed by atoms with Crippen LogP contribution in [-0.4, -0.2) is 34.8 Å². The number of nitrogens with one attached hydrogen (secondary N) is 1. The van der Waals surface area contributed by atoms with Crippen LogP contribution in [-0.2, 0) is 11.3 Å². The Morgan fingerprint density at radius 2 is 2.22 bits per heavy atom. The fraction of sp³-hybridized carbons (Fsp3) is 0.412. The predicted molar refractivity (Wildman–Crippen MR) is 91.7 cm³/mol. The van der Waals surface area contributed by atoms with E-state index in [9.17, 15) is 4.79 Å². The Bertz CT molecular complexity index is 644. The standard InChI is InChI=1S/C17H21ClN4O/c18-15-6-1-2-7-16(15)21-10-3-5-14(13-21)20-17(23)8-12-22-11-4-9-19-22/h1-2,4,6-7,9,11,14H,3,5,8,10,12-13H2,(H,20,23). The van der Waals surface area contributed by atoms with Gasteiger partial charge in [0.2, 0.25) is 5.91 Å². The van der Waals surface area contributed by atoms with Crippen molar-refractivity contribution in [2.45, 2.75) is 31.8 Å². The first-order valence-electron chi connectivity index (χ1n) is 7.98. The SMILES string of the molecule is O=C(CCn1cccn1)NC1CCCN(c2ccccc2Cl)C1. The molecule has 5 nitrogen and oxygen atoms in total. The molecule has 0 bridgehead atoms. The third-order valence-corrected chi connectivity index (χ3v) is 4.43. The molecule has 1 aliphatic heterocycles. The van der Waals surface area contributed by atoms with Crippen LogP contribution in [0.1, 0.15) is 19.3 Å². The van der Waals surface area contributed by atoms with Gasteiger partial charge in [0, 0.05) is 44.5 Å². The molecule has 122 valence electrons. The van der Waals surface area contributed by atoms with E-state index < -0.39 is 0 Å². The quantitative estimate of drug-likeness (QED) is 0.916. The summed E-state index contributed by atoms with van der Waals surface area (Å²) in [5, 5.41) is 8.01. The third kappa shape index (κ3) is 4.26. The Hall–Kier alpha value is -2.01. The van der Waals surface area contributed by atoms with E-state index >= 15 is 0 Å². The summed E-state index contributed by atoms with van der Waals surface area (Å²) < 4.78 is 1.77. The van der Waals surface area contributed by atoms with Crippen LogP contribution >= 0.6 is 11.6 Å². The van der Waals surface area contributed by atoms with Crippen molar-refractivity contribution < 1.29 is 4.79 Å². The van der Waals surface area contributed by atoms with Gasteiger partial charge in [-0.2, -0.15) is 5.10 Å². The van der Waals surface area contributed by atoms with Crippen LogP contribution in [0.4, 0.5) is 5.69 Å². The van der Waals surface area contributed by atoms with E-state index in [4.69, 9.17) is 11.6 Å². The molecule has 1 aromatic heterocycles. The average molecular weight is 333 g/mol. The van der Waals surface area contributed by atoms with E-state index in [0.29, 0.717) is 13.0 Å². The highest BCUT2D eigenvalue weighted by Crippen LogP contribution is 2.27. The lowest BCUT2D eigenvalue weighted by molar-refractivity contribution is -0.122. The molecule has 2 heterocycles. The highest BCUT2D eigenvalue weighted by molar-refractivity contribution is 6.33. The molecular weight excluding hydrogens is 312 g/mol. The molecule has 2 aromatic rings. The van der Waals surface area contributed by atoms with Crippen LogP contribution < -0.4 is 10.2 Å². The summed E-state index contributed by atoms with van der Waals surface area (Å²) in [6.45, 7) is 2.39. The molecule has 1 atom stereocenters. The number of hydrogen-bond donors (Lipinski definition) is 1. The van der Waals surface area contributed by atoms with E-state index in [1.807, 2.05) is 36.5 Å². The lowest BCUT2D eigenvalue weighted by Gasteiger charge is -2.35. The van der Waals surface area contributed by atoms with E-state index in [1.165, 1.54) is 0 Å². The molecule has 0 radical (unpaired) electrons. The zero-order valence-corrected chi connectivity index (χ0v) is 13.7. The second-order valence-electron chi connectivity index (χ2n) is 5.82. The van der Waals surface area contributed by atoms with Gasteiger partial charge in [-0.1, -0.05) is 23.7 Å². The zero-order chi connectivity index (χ0) is 16.1. The topological polar surface area (TPSA) is 50.2 Å². The van der Waals surface area contributed by atoms with Crippen LogP contribution in [0.15, 0.2) is 42.7 Å². The Morgan fingerprint density at radius 3 is 3.00 bits per heavy atom. The molecule has 1 unspecified atom stereocenters. The first-order chi connectivity index (χ1) is 11.2. The van der Waals surface area contributed by atoms with E-state index in [1.54, 1.807) is 10.9 Å². The summed E-state index contributed by atoms with van der Waals surface area (Å²) in [6, 6.07) is 9.90. The Kier molecular flexibility index (Phi) is 5.18.